The van der Waals surface area contributed by atoms with Gasteiger partial charge in [-0.25, -0.2) is 0 Å². The van der Waals surface area contributed by atoms with E-state index in [1.54, 1.807) is 19.0 Å². The second-order valence-electron chi connectivity index (χ2n) is 4.13. The minimum Gasteiger partial charge on any atom is -0.349 e. The molecule has 1 aromatic heterocycles. The summed E-state index contributed by atoms with van der Waals surface area (Å²) in [6.45, 7) is 5.43. The van der Waals surface area contributed by atoms with Crippen molar-refractivity contribution in [1.29, 1.82) is 0 Å². The summed E-state index contributed by atoms with van der Waals surface area (Å²) in [5.41, 5.74) is 3.30. The number of nitrogens with one attached hydrogen (secondary N) is 2. The first-order valence-electron chi connectivity index (χ1n) is 5.43. The number of aromatic nitrogens is 2. The number of carbonyl (C=O) groups is 1. The predicted molar refractivity (Wildman–Crippen MR) is 63.1 cm³/mol. The smallest absolute Gasteiger partial charge is 0.223 e. The van der Waals surface area contributed by atoms with Gasteiger partial charge in [-0.2, -0.15) is 5.10 Å². The van der Waals surface area contributed by atoms with E-state index in [0.29, 0.717) is 13.0 Å². The molecule has 0 aromatic carbocycles. The largest absolute Gasteiger partial charge is 0.349 e. The molecule has 0 aliphatic rings. The van der Waals surface area contributed by atoms with Gasteiger partial charge in [0.15, 0.2) is 0 Å². The van der Waals surface area contributed by atoms with Crippen LogP contribution < -0.4 is 5.32 Å². The molecule has 0 atom stereocenters. The quantitative estimate of drug-likeness (QED) is 0.720. The number of amides is 1. The minimum absolute atomic E-state index is 0.146. The fraction of sp³-hybridized carbons (Fsp3) is 0.636. The summed E-state index contributed by atoms with van der Waals surface area (Å²) in [6.07, 6.45) is 0.531. The lowest BCUT2D eigenvalue weighted by molar-refractivity contribution is -0.128. The van der Waals surface area contributed by atoms with Gasteiger partial charge >= 0.3 is 0 Å². The Hall–Kier alpha value is -1.36. The lowest BCUT2D eigenvalue weighted by atomic mass is 10.2. The maximum Gasteiger partial charge on any atom is 0.223 e. The van der Waals surface area contributed by atoms with Gasteiger partial charge in [0.05, 0.1) is 5.69 Å². The van der Waals surface area contributed by atoms with Crippen molar-refractivity contribution in [3.63, 3.8) is 0 Å². The number of aromatic amines is 1. The van der Waals surface area contributed by atoms with E-state index in [2.05, 4.69) is 15.5 Å². The van der Waals surface area contributed by atoms with Crippen molar-refractivity contribution in [1.82, 2.24) is 20.4 Å². The third-order valence-electron chi connectivity index (χ3n) is 2.60. The third kappa shape index (κ3) is 3.34. The summed E-state index contributed by atoms with van der Waals surface area (Å²) in [6, 6.07) is 0. The molecule has 1 heterocycles. The molecule has 0 unspecified atom stereocenters. The topological polar surface area (TPSA) is 61.0 Å². The average Bonchev–Trinajstić information content (AvgIpc) is 2.54. The fourth-order valence-electron chi connectivity index (χ4n) is 1.47. The van der Waals surface area contributed by atoms with E-state index in [1.165, 1.54) is 5.56 Å². The highest BCUT2D eigenvalue weighted by Crippen LogP contribution is 2.08. The fourth-order valence-corrected chi connectivity index (χ4v) is 1.47. The van der Waals surface area contributed by atoms with Crippen LogP contribution in [0.15, 0.2) is 0 Å². The third-order valence-corrected chi connectivity index (χ3v) is 2.60. The van der Waals surface area contributed by atoms with Crippen molar-refractivity contribution in [2.24, 2.45) is 0 Å². The number of nitrogens with zero attached hydrogens (tertiary/aromatic N) is 2. The molecular weight excluding hydrogens is 204 g/mol. The molecular formula is C11H20N4O. The normalized spacial score (nSPS) is 10.5. The highest BCUT2D eigenvalue weighted by Gasteiger charge is 2.06. The van der Waals surface area contributed by atoms with Crippen molar-refractivity contribution in [3.05, 3.63) is 17.0 Å². The molecule has 0 saturated heterocycles. The lowest BCUT2D eigenvalue weighted by Gasteiger charge is -2.10. The Bertz CT molecular complexity index is 337. The van der Waals surface area contributed by atoms with Crippen LogP contribution in [-0.4, -0.2) is 41.6 Å². The molecule has 1 rings (SSSR count). The Morgan fingerprint density at radius 2 is 2.12 bits per heavy atom. The SMILES string of the molecule is Cc1n[nH]c(C)c1CNCCC(=O)N(C)C. The summed E-state index contributed by atoms with van der Waals surface area (Å²) in [5.74, 6) is 0.146. The Morgan fingerprint density at radius 3 is 2.62 bits per heavy atom. The van der Waals surface area contributed by atoms with Crippen LogP contribution in [0, 0.1) is 13.8 Å². The zero-order valence-corrected chi connectivity index (χ0v) is 10.4. The van der Waals surface area contributed by atoms with Gasteiger partial charge in [-0.1, -0.05) is 0 Å². The summed E-state index contributed by atoms with van der Waals surface area (Å²) >= 11 is 0. The number of carbonyl (C=O) groups excluding carboxylic acids is 1. The predicted octanol–water partition coefficient (Wildman–Crippen LogP) is 0.594. The van der Waals surface area contributed by atoms with Gasteiger partial charge in [0.1, 0.15) is 0 Å². The maximum absolute atomic E-state index is 11.3. The zero-order chi connectivity index (χ0) is 12.1. The van der Waals surface area contributed by atoms with E-state index in [0.717, 1.165) is 17.9 Å². The van der Waals surface area contributed by atoms with Gasteiger partial charge < -0.3 is 10.2 Å². The Kier molecular flexibility index (Phi) is 4.49. The molecule has 0 bridgehead atoms. The van der Waals surface area contributed by atoms with Crippen LogP contribution in [-0.2, 0) is 11.3 Å². The van der Waals surface area contributed by atoms with E-state index in [1.807, 2.05) is 13.8 Å². The molecule has 2 N–H and O–H groups in total. The highest BCUT2D eigenvalue weighted by molar-refractivity contribution is 5.75. The van der Waals surface area contributed by atoms with Gasteiger partial charge in [0.25, 0.3) is 0 Å². The standard InChI is InChI=1S/C11H20N4O/c1-8-10(9(2)14-13-8)7-12-6-5-11(16)15(3)4/h12H,5-7H2,1-4H3,(H,13,14). The zero-order valence-electron chi connectivity index (χ0n) is 10.4. The van der Waals surface area contributed by atoms with Gasteiger partial charge in [-0.3, -0.25) is 9.89 Å². The average molecular weight is 224 g/mol. The number of aryl methyl sites for hydroxylation is 2. The van der Waals surface area contributed by atoms with Crippen LogP contribution in [0.2, 0.25) is 0 Å². The second kappa shape index (κ2) is 5.65. The first kappa shape index (κ1) is 12.7. The molecule has 16 heavy (non-hydrogen) atoms. The van der Waals surface area contributed by atoms with E-state index < -0.39 is 0 Å². The highest BCUT2D eigenvalue weighted by atomic mass is 16.2. The van der Waals surface area contributed by atoms with Crippen molar-refractivity contribution >= 4 is 5.91 Å². The monoisotopic (exact) mass is 224 g/mol. The molecule has 90 valence electrons. The number of rotatable bonds is 5. The summed E-state index contributed by atoms with van der Waals surface area (Å²) < 4.78 is 0. The van der Waals surface area contributed by atoms with Crippen molar-refractivity contribution in [2.45, 2.75) is 26.8 Å². The first-order chi connectivity index (χ1) is 7.52. The number of hydrogen-bond donors (Lipinski definition) is 2. The minimum atomic E-state index is 0.146. The second-order valence-corrected chi connectivity index (χ2v) is 4.13. The van der Waals surface area contributed by atoms with Crippen molar-refractivity contribution in [2.75, 3.05) is 20.6 Å². The molecule has 0 radical (unpaired) electrons. The molecule has 0 spiro atoms. The van der Waals surface area contributed by atoms with Crippen LogP contribution >= 0.6 is 0 Å². The molecule has 0 aliphatic carbocycles. The van der Waals surface area contributed by atoms with Crippen LogP contribution in [0.1, 0.15) is 23.4 Å². The molecule has 0 aliphatic heterocycles. The number of hydrogen-bond acceptors (Lipinski definition) is 3. The molecule has 5 heteroatoms. The van der Waals surface area contributed by atoms with Crippen LogP contribution in [0.25, 0.3) is 0 Å². The maximum atomic E-state index is 11.3. The van der Waals surface area contributed by atoms with Crippen LogP contribution in [0.3, 0.4) is 0 Å². The lowest BCUT2D eigenvalue weighted by Crippen LogP contribution is -2.26. The Balaban J connectivity index is 2.29. The summed E-state index contributed by atoms with van der Waals surface area (Å²) in [4.78, 5) is 12.9. The van der Waals surface area contributed by atoms with Gasteiger partial charge in [0.2, 0.25) is 5.91 Å². The first-order valence-corrected chi connectivity index (χ1v) is 5.43. The number of H-pyrrole nitrogens is 1. The molecule has 1 amide bonds. The molecule has 0 fully saturated rings. The van der Waals surface area contributed by atoms with Gasteiger partial charge in [-0.15, -0.1) is 0 Å². The Morgan fingerprint density at radius 1 is 1.44 bits per heavy atom. The van der Waals surface area contributed by atoms with E-state index >= 15 is 0 Å². The van der Waals surface area contributed by atoms with Crippen LogP contribution in [0.4, 0.5) is 0 Å². The van der Waals surface area contributed by atoms with Crippen LogP contribution in [0.5, 0.6) is 0 Å². The van der Waals surface area contributed by atoms with E-state index in [-0.39, 0.29) is 5.91 Å². The van der Waals surface area contributed by atoms with E-state index in [4.69, 9.17) is 0 Å². The van der Waals surface area contributed by atoms with E-state index in [9.17, 15) is 4.79 Å². The van der Waals surface area contributed by atoms with Crippen molar-refractivity contribution in [3.8, 4) is 0 Å². The summed E-state index contributed by atoms with van der Waals surface area (Å²) in [5, 5.41) is 10.3. The Labute approximate surface area is 96.2 Å². The van der Waals surface area contributed by atoms with Gasteiger partial charge in [-0.05, 0) is 13.8 Å². The molecule has 0 saturated carbocycles. The molecule has 5 nitrogen and oxygen atoms in total. The summed E-state index contributed by atoms with van der Waals surface area (Å²) in [7, 11) is 3.54. The van der Waals surface area contributed by atoms with Crippen molar-refractivity contribution < 1.29 is 4.79 Å². The van der Waals surface area contributed by atoms with Gasteiger partial charge in [0, 0.05) is 44.9 Å². The molecule has 1 aromatic rings.